The largest absolute Gasteiger partial charge is 0.370 e. The number of rotatable bonds is 8. The number of nitrogens with zero attached hydrogens (tertiary/aromatic N) is 2. The van der Waals surface area contributed by atoms with Crippen molar-refractivity contribution in [1.29, 1.82) is 0 Å². The van der Waals surface area contributed by atoms with Crippen molar-refractivity contribution in [3.8, 4) is 0 Å². The van der Waals surface area contributed by atoms with Crippen LogP contribution >= 0.6 is 11.3 Å². The Hall–Kier alpha value is -1.10. The second-order valence-corrected chi connectivity index (χ2v) is 5.33. The molecular formula is C13H24N4S. The first-order chi connectivity index (χ1) is 8.72. The van der Waals surface area contributed by atoms with Gasteiger partial charge in [-0.2, -0.15) is 0 Å². The van der Waals surface area contributed by atoms with Crippen LogP contribution in [0, 0.1) is 6.92 Å². The number of guanidine groups is 1. The summed E-state index contributed by atoms with van der Waals surface area (Å²) in [4.78, 5) is 8.74. The lowest BCUT2D eigenvalue weighted by atomic mass is 10.2. The molecule has 0 saturated carbocycles. The zero-order chi connectivity index (χ0) is 13.2. The van der Waals surface area contributed by atoms with Gasteiger partial charge in [-0.25, -0.2) is 4.98 Å². The second-order valence-electron chi connectivity index (χ2n) is 4.39. The summed E-state index contributed by atoms with van der Waals surface area (Å²) in [7, 11) is 0. The van der Waals surface area contributed by atoms with Crippen LogP contribution in [-0.2, 0) is 6.42 Å². The minimum Gasteiger partial charge on any atom is -0.370 e. The smallest absolute Gasteiger partial charge is 0.188 e. The molecule has 0 aromatic carbocycles. The molecule has 0 aliphatic rings. The topological polar surface area (TPSA) is 63.3 Å². The molecule has 0 amide bonds. The Bertz CT molecular complexity index is 360. The molecule has 102 valence electrons. The molecule has 0 aliphatic heterocycles. The molecule has 5 heteroatoms. The average molecular weight is 268 g/mol. The van der Waals surface area contributed by atoms with Gasteiger partial charge in [-0.15, -0.1) is 11.3 Å². The molecule has 3 N–H and O–H groups in total. The number of hydrogen-bond donors (Lipinski definition) is 2. The van der Waals surface area contributed by atoms with Crippen LogP contribution in [0.3, 0.4) is 0 Å². The van der Waals surface area contributed by atoms with Gasteiger partial charge in [0.2, 0.25) is 0 Å². The highest BCUT2D eigenvalue weighted by molar-refractivity contribution is 7.09. The molecule has 0 saturated heterocycles. The van der Waals surface area contributed by atoms with Gasteiger partial charge in [0.1, 0.15) is 0 Å². The Morgan fingerprint density at radius 2 is 2.28 bits per heavy atom. The molecule has 0 radical (unpaired) electrons. The summed E-state index contributed by atoms with van der Waals surface area (Å²) < 4.78 is 0. The second kappa shape index (κ2) is 8.91. The van der Waals surface area contributed by atoms with Crippen molar-refractivity contribution in [3.63, 3.8) is 0 Å². The highest BCUT2D eigenvalue weighted by Crippen LogP contribution is 2.11. The zero-order valence-corrected chi connectivity index (χ0v) is 12.2. The van der Waals surface area contributed by atoms with Gasteiger partial charge in [-0.3, -0.25) is 4.99 Å². The molecule has 0 spiro atoms. The normalized spacial score (nSPS) is 11.8. The lowest BCUT2D eigenvalue weighted by Crippen LogP contribution is -2.32. The zero-order valence-electron chi connectivity index (χ0n) is 11.4. The number of thiazole rings is 1. The van der Waals surface area contributed by atoms with E-state index in [1.54, 1.807) is 11.3 Å². The molecule has 0 unspecified atom stereocenters. The van der Waals surface area contributed by atoms with Crippen molar-refractivity contribution < 1.29 is 0 Å². The number of aromatic nitrogens is 1. The molecule has 1 aromatic heterocycles. The molecule has 0 bridgehead atoms. The van der Waals surface area contributed by atoms with E-state index in [0.717, 1.165) is 44.5 Å². The van der Waals surface area contributed by atoms with Crippen LogP contribution in [0.5, 0.6) is 0 Å². The van der Waals surface area contributed by atoms with Crippen LogP contribution in [0.2, 0.25) is 0 Å². The first-order valence-corrected chi connectivity index (χ1v) is 7.55. The number of unbranched alkanes of at least 4 members (excludes halogenated alkanes) is 2. The highest BCUT2D eigenvalue weighted by Gasteiger charge is 1.98. The van der Waals surface area contributed by atoms with Crippen molar-refractivity contribution in [2.75, 3.05) is 13.1 Å². The minimum atomic E-state index is 0.577. The first kappa shape index (κ1) is 15.0. The third kappa shape index (κ3) is 6.59. The maximum absolute atomic E-state index is 5.74. The monoisotopic (exact) mass is 268 g/mol. The van der Waals surface area contributed by atoms with Gasteiger partial charge in [0.05, 0.1) is 5.01 Å². The quantitative estimate of drug-likeness (QED) is 0.432. The van der Waals surface area contributed by atoms with Crippen molar-refractivity contribution in [2.24, 2.45) is 10.7 Å². The predicted octanol–water partition coefficient (Wildman–Crippen LogP) is 2.48. The Balaban J connectivity index is 2.05. The predicted molar refractivity (Wildman–Crippen MR) is 79.2 cm³/mol. The molecule has 0 aliphatic carbocycles. The van der Waals surface area contributed by atoms with Crippen molar-refractivity contribution in [1.82, 2.24) is 10.3 Å². The molecular weight excluding hydrogens is 244 g/mol. The molecule has 0 fully saturated rings. The van der Waals surface area contributed by atoms with Gasteiger partial charge < -0.3 is 11.1 Å². The molecule has 1 rings (SSSR count). The van der Waals surface area contributed by atoms with Gasteiger partial charge in [0, 0.05) is 24.2 Å². The molecule has 1 heterocycles. The Morgan fingerprint density at radius 1 is 1.44 bits per heavy atom. The Morgan fingerprint density at radius 3 is 2.94 bits per heavy atom. The van der Waals surface area contributed by atoms with Crippen LogP contribution in [0.4, 0.5) is 0 Å². The lowest BCUT2D eigenvalue weighted by molar-refractivity contribution is 0.725. The fourth-order valence-corrected chi connectivity index (χ4v) is 2.37. The maximum atomic E-state index is 5.74. The van der Waals surface area contributed by atoms with Gasteiger partial charge >= 0.3 is 0 Å². The van der Waals surface area contributed by atoms with Crippen LogP contribution in [0.25, 0.3) is 0 Å². The van der Waals surface area contributed by atoms with E-state index in [9.17, 15) is 0 Å². The highest BCUT2D eigenvalue weighted by atomic mass is 32.1. The van der Waals surface area contributed by atoms with Crippen LogP contribution in [-0.4, -0.2) is 24.0 Å². The molecule has 1 aromatic rings. The summed E-state index contributed by atoms with van der Waals surface area (Å²) in [6, 6.07) is 0. The summed E-state index contributed by atoms with van der Waals surface area (Å²) in [5, 5.41) is 6.44. The molecule has 18 heavy (non-hydrogen) atoms. The molecule has 4 nitrogen and oxygen atoms in total. The van der Waals surface area contributed by atoms with Gasteiger partial charge in [0.15, 0.2) is 5.96 Å². The SMILES string of the molecule is CCCCNC(N)=NCCCCc1nc(C)cs1. The summed E-state index contributed by atoms with van der Waals surface area (Å²) in [6.07, 6.45) is 5.55. The van der Waals surface area contributed by atoms with Crippen molar-refractivity contribution in [3.05, 3.63) is 16.1 Å². The van der Waals surface area contributed by atoms with Gasteiger partial charge in [-0.1, -0.05) is 13.3 Å². The van der Waals surface area contributed by atoms with E-state index in [1.807, 2.05) is 6.92 Å². The number of nitrogens with one attached hydrogen (secondary N) is 1. The van der Waals surface area contributed by atoms with Gasteiger partial charge in [0.25, 0.3) is 0 Å². The number of nitrogens with two attached hydrogens (primary N) is 1. The number of aryl methyl sites for hydroxylation is 2. The minimum absolute atomic E-state index is 0.577. The van der Waals surface area contributed by atoms with E-state index in [0.29, 0.717) is 5.96 Å². The van der Waals surface area contributed by atoms with Crippen LogP contribution in [0.15, 0.2) is 10.4 Å². The Kier molecular flexibility index (Phi) is 7.41. The molecule has 0 atom stereocenters. The third-order valence-corrected chi connectivity index (χ3v) is 3.61. The van der Waals surface area contributed by atoms with Crippen LogP contribution < -0.4 is 11.1 Å². The number of hydrogen-bond acceptors (Lipinski definition) is 3. The standard InChI is InChI=1S/C13H24N4S/c1-3-4-8-15-13(14)16-9-6-5-7-12-17-11(2)10-18-12/h10H,3-9H2,1-2H3,(H3,14,15,16). The number of aliphatic imine (C=N–C) groups is 1. The van der Waals surface area contributed by atoms with E-state index >= 15 is 0 Å². The first-order valence-electron chi connectivity index (χ1n) is 6.67. The third-order valence-electron chi connectivity index (χ3n) is 2.58. The van der Waals surface area contributed by atoms with E-state index in [2.05, 4.69) is 27.6 Å². The average Bonchev–Trinajstić information content (AvgIpc) is 2.75. The van der Waals surface area contributed by atoms with E-state index in [4.69, 9.17) is 5.73 Å². The van der Waals surface area contributed by atoms with Gasteiger partial charge in [-0.05, 0) is 32.6 Å². The summed E-state index contributed by atoms with van der Waals surface area (Å²) in [5.41, 5.74) is 6.86. The maximum Gasteiger partial charge on any atom is 0.188 e. The van der Waals surface area contributed by atoms with Crippen LogP contribution in [0.1, 0.15) is 43.3 Å². The summed E-state index contributed by atoms with van der Waals surface area (Å²) in [5.74, 6) is 0.577. The van der Waals surface area contributed by atoms with Crippen molar-refractivity contribution >= 4 is 17.3 Å². The van der Waals surface area contributed by atoms with E-state index < -0.39 is 0 Å². The summed E-state index contributed by atoms with van der Waals surface area (Å²) in [6.45, 7) is 5.92. The van der Waals surface area contributed by atoms with E-state index in [1.165, 1.54) is 11.4 Å². The Labute approximate surface area is 114 Å². The van der Waals surface area contributed by atoms with E-state index in [-0.39, 0.29) is 0 Å². The summed E-state index contributed by atoms with van der Waals surface area (Å²) >= 11 is 1.74. The fourth-order valence-electron chi connectivity index (χ4n) is 1.55. The fraction of sp³-hybridized carbons (Fsp3) is 0.692. The lowest BCUT2D eigenvalue weighted by Gasteiger charge is -2.03. The van der Waals surface area contributed by atoms with Crippen molar-refractivity contribution in [2.45, 2.75) is 46.0 Å².